The fraction of sp³-hybridized carbons (Fsp3) is 0.263. The highest BCUT2D eigenvalue weighted by molar-refractivity contribution is 7.11. The van der Waals surface area contributed by atoms with Crippen LogP contribution in [-0.2, 0) is 30.2 Å². The lowest BCUT2D eigenvalue weighted by molar-refractivity contribution is -0.138. The summed E-state index contributed by atoms with van der Waals surface area (Å²) in [4.78, 5) is 15.6. The van der Waals surface area contributed by atoms with E-state index in [1.54, 1.807) is 13.1 Å². The molecule has 0 aliphatic rings. The second-order valence-electron chi connectivity index (χ2n) is 6.06. The van der Waals surface area contributed by atoms with Crippen molar-refractivity contribution in [1.82, 2.24) is 4.98 Å². The normalized spacial score (nSPS) is 11.7. The lowest BCUT2D eigenvalue weighted by Gasteiger charge is -2.06. The zero-order valence-electron chi connectivity index (χ0n) is 14.3. The number of alkyl halides is 3. The summed E-state index contributed by atoms with van der Waals surface area (Å²) in [5.41, 5.74) is 0.825. The van der Waals surface area contributed by atoms with Crippen LogP contribution in [0.4, 0.5) is 13.2 Å². The highest BCUT2D eigenvalue weighted by Crippen LogP contribution is 2.32. The molecule has 0 bridgehead atoms. The predicted molar refractivity (Wildman–Crippen MR) is 94.7 cm³/mol. The Morgan fingerprint density at radius 3 is 2.56 bits per heavy atom. The summed E-state index contributed by atoms with van der Waals surface area (Å²) in [7, 11) is 0. The summed E-state index contributed by atoms with van der Waals surface area (Å²) in [6.45, 7) is 1.81. The molecule has 0 aliphatic heterocycles. The van der Waals surface area contributed by atoms with Crippen LogP contribution in [0.3, 0.4) is 0 Å². The van der Waals surface area contributed by atoms with E-state index in [4.69, 9.17) is 9.52 Å². The Kier molecular flexibility index (Phi) is 5.36. The van der Waals surface area contributed by atoms with Crippen LogP contribution >= 0.6 is 11.3 Å². The van der Waals surface area contributed by atoms with Gasteiger partial charge in [-0.25, -0.2) is 4.98 Å². The van der Waals surface area contributed by atoms with Gasteiger partial charge in [-0.3, -0.25) is 4.79 Å². The zero-order chi connectivity index (χ0) is 19.6. The fourth-order valence-electron chi connectivity index (χ4n) is 2.67. The fourth-order valence-corrected chi connectivity index (χ4v) is 3.58. The van der Waals surface area contributed by atoms with Gasteiger partial charge in [0.05, 0.1) is 17.0 Å². The van der Waals surface area contributed by atoms with Crippen molar-refractivity contribution in [3.8, 4) is 11.3 Å². The van der Waals surface area contributed by atoms with Gasteiger partial charge in [-0.15, -0.1) is 11.3 Å². The Balaban J connectivity index is 1.69. The summed E-state index contributed by atoms with van der Waals surface area (Å²) in [5, 5.41) is 9.63. The molecule has 1 aromatic carbocycles. The first-order chi connectivity index (χ1) is 12.7. The average molecular weight is 395 g/mol. The van der Waals surface area contributed by atoms with Crippen LogP contribution in [0.1, 0.15) is 26.8 Å². The lowest BCUT2D eigenvalue weighted by atomic mass is 10.1. The second kappa shape index (κ2) is 7.56. The number of aromatic nitrogens is 1. The number of aliphatic carboxylic acids is 1. The van der Waals surface area contributed by atoms with Crippen LogP contribution in [0.5, 0.6) is 0 Å². The van der Waals surface area contributed by atoms with Gasteiger partial charge in [0.15, 0.2) is 0 Å². The van der Waals surface area contributed by atoms with Gasteiger partial charge in [-0.05, 0) is 37.1 Å². The maximum atomic E-state index is 12.7. The quantitative estimate of drug-likeness (QED) is 0.628. The Morgan fingerprint density at radius 2 is 1.93 bits per heavy atom. The minimum absolute atomic E-state index is 0.0412. The van der Waals surface area contributed by atoms with Crippen molar-refractivity contribution < 1.29 is 27.5 Å². The van der Waals surface area contributed by atoms with Gasteiger partial charge in [0, 0.05) is 23.1 Å². The Bertz CT molecular complexity index is 942. The molecule has 3 rings (SSSR count). The van der Waals surface area contributed by atoms with Crippen molar-refractivity contribution in [3.63, 3.8) is 0 Å². The van der Waals surface area contributed by atoms with E-state index in [1.165, 1.54) is 23.5 Å². The molecule has 4 nitrogen and oxygen atoms in total. The van der Waals surface area contributed by atoms with E-state index in [9.17, 15) is 18.0 Å². The van der Waals surface area contributed by atoms with E-state index in [0.29, 0.717) is 34.8 Å². The summed E-state index contributed by atoms with van der Waals surface area (Å²) < 4.78 is 43.7. The number of halogens is 3. The number of hydrogen-bond acceptors (Lipinski definition) is 4. The molecule has 142 valence electrons. The van der Waals surface area contributed by atoms with Gasteiger partial charge < -0.3 is 9.52 Å². The molecule has 0 amide bonds. The van der Waals surface area contributed by atoms with E-state index in [-0.39, 0.29) is 6.42 Å². The number of benzene rings is 1. The zero-order valence-corrected chi connectivity index (χ0v) is 15.2. The first-order valence-corrected chi connectivity index (χ1v) is 8.96. The first kappa shape index (κ1) is 19.2. The molecule has 0 atom stereocenters. The molecular formula is C19H16F3NO3S. The number of aryl methyl sites for hydroxylation is 3. The Labute approximate surface area is 157 Å². The van der Waals surface area contributed by atoms with Gasteiger partial charge in [0.2, 0.25) is 0 Å². The van der Waals surface area contributed by atoms with E-state index in [0.717, 1.165) is 22.7 Å². The standard InChI is InChI=1S/C19H16F3NO3S/c1-11-13(4-7-17-23-10-15(27-17)9-18(24)25)8-16(26-11)12-2-5-14(6-3-12)19(20,21)22/h2-3,5-6,8,10H,4,7,9H2,1H3,(H,24,25). The summed E-state index contributed by atoms with van der Waals surface area (Å²) in [6.07, 6.45) is -1.55. The SMILES string of the molecule is Cc1oc(-c2ccc(C(F)(F)F)cc2)cc1CCc1ncc(CC(=O)O)s1. The van der Waals surface area contributed by atoms with E-state index < -0.39 is 17.7 Å². The monoisotopic (exact) mass is 395 g/mol. The van der Waals surface area contributed by atoms with Crippen LogP contribution in [0, 0.1) is 6.92 Å². The number of nitrogens with zero attached hydrogens (tertiary/aromatic N) is 1. The second-order valence-corrected chi connectivity index (χ2v) is 7.26. The van der Waals surface area contributed by atoms with Crippen molar-refractivity contribution in [3.05, 3.63) is 63.3 Å². The summed E-state index contributed by atoms with van der Waals surface area (Å²) >= 11 is 1.36. The Morgan fingerprint density at radius 1 is 1.22 bits per heavy atom. The minimum atomic E-state index is -4.37. The number of thiazole rings is 1. The maximum Gasteiger partial charge on any atom is 0.416 e. The number of rotatable bonds is 6. The van der Waals surface area contributed by atoms with Crippen LogP contribution < -0.4 is 0 Å². The van der Waals surface area contributed by atoms with Gasteiger partial charge in [0.1, 0.15) is 11.5 Å². The molecule has 0 saturated heterocycles. The number of carbonyl (C=O) groups is 1. The third kappa shape index (κ3) is 4.77. The maximum absolute atomic E-state index is 12.7. The third-order valence-electron chi connectivity index (χ3n) is 4.05. The first-order valence-electron chi connectivity index (χ1n) is 8.14. The molecule has 8 heteroatoms. The van der Waals surface area contributed by atoms with Crippen molar-refractivity contribution in [1.29, 1.82) is 0 Å². The molecule has 1 N–H and O–H groups in total. The number of carboxylic acids is 1. The van der Waals surface area contributed by atoms with E-state index in [1.807, 2.05) is 6.07 Å². The van der Waals surface area contributed by atoms with Crippen LogP contribution in [0.25, 0.3) is 11.3 Å². The van der Waals surface area contributed by atoms with Gasteiger partial charge in [-0.2, -0.15) is 13.2 Å². The highest BCUT2D eigenvalue weighted by Gasteiger charge is 2.30. The van der Waals surface area contributed by atoms with Gasteiger partial charge in [0.25, 0.3) is 0 Å². The Hall–Kier alpha value is -2.61. The van der Waals surface area contributed by atoms with Crippen molar-refractivity contribution in [2.45, 2.75) is 32.4 Å². The lowest BCUT2D eigenvalue weighted by Crippen LogP contribution is -2.03. The summed E-state index contributed by atoms with van der Waals surface area (Å²) in [6, 6.07) is 6.68. The molecule has 0 aliphatic carbocycles. The number of furan rings is 1. The molecule has 0 saturated carbocycles. The molecular weight excluding hydrogens is 379 g/mol. The van der Waals surface area contributed by atoms with Gasteiger partial charge in [-0.1, -0.05) is 12.1 Å². The molecule has 0 radical (unpaired) electrons. The minimum Gasteiger partial charge on any atom is -0.481 e. The molecule has 2 heterocycles. The van der Waals surface area contributed by atoms with Crippen molar-refractivity contribution in [2.75, 3.05) is 0 Å². The van der Waals surface area contributed by atoms with Crippen molar-refractivity contribution in [2.24, 2.45) is 0 Å². The average Bonchev–Trinajstić information content (AvgIpc) is 3.18. The topological polar surface area (TPSA) is 63.3 Å². The van der Waals surface area contributed by atoms with Gasteiger partial charge >= 0.3 is 12.1 Å². The third-order valence-corrected chi connectivity index (χ3v) is 5.11. The molecule has 0 spiro atoms. The van der Waals surface area contributed by atoms with Crippen LogP contribution in [-0.4, -0.2) is 16.1 Å². The number of hydrogen-bond donors (Lipinski definition) is 1. The van der Waals surface area contributed by atoms with Crippen LogP contribution in [0.15, 0.2) is 40.9 Å². The molecule has 27 heavy (non-hydrogen) atoms. The van der Waals surface area contributed by atoms with Crippen molar-refractivity contribution >= 4 is 17.3 Å². The van der Waals surface area contributed by atoms with E-state index >= 15 is 0 Å². The number of carboxylic acid groups (broad SMARTS) is 1. The van der Waals surface area contributed by atoms with Crippen LogP contribution in [0.2, 0.25) is 0 Å². The molecule has 3 aromatic rings. The van der Waals surface area contributed by atoms with E-state index in [2.05, 4.69) is 4.98 Å². The summed E-state index contributed by atoms with van der Waals surface area (Å²) in [5.74, 6) is 0.325. The largest absolute Gasteiger partial charge is 0.481 e. The molecule has 0 unspecified atom stereocenters. The highest BCUT2D eigenvalue weighted by atomic mass is 32.1. The molecule has 0 fully saturated rings. The molecule has 2 aromatic heterocycles. The smallest absolute Gasteiger partial charge is 0.416 e. The predicted octanol–water partition coefficient (Wildman–Crippen LogP) is 5.14.